The van der Waals surface area contributed by atoms with Gasteiger partial charge in [-0.05, 0) is 31.2 Å². The molecule has 0 spiro atoms. The van der Waals surface area contributed by atoms with Crippen molar-refractivity contribution in [3.05, 3.63) is 53.1 Å². The van der Waals surface area contributed by atoms with Gasteiger partial charge in [-0.1, -0.05) is 33.6 Å². The van der Waals surface area contributed by atoms with E-state index in [4.69, 9.17) is 18.4 Å². The zero-order chi connectivity index (χ0) is 20.3. The Labute approximate surface area is 174 Å². The fourth-order valence-corrected chi connectivity index (χ4v) is 4.70. The number of aryl methyl sites for hydroxylation is 1. The van der Waals surface area contributed by atoms with E-state index in [0.29, 0.717) is 17.5 Å². The second kappa shape index (κ2) is 8.82. The summed E-state index contributed by atoms with van der Waals surface area (Å²) in [7, 11) is -0.641. The van der Waals surface area contributed by atoms with Crippen molar-refractivity contribution in [3.63, 3.8) is 0 Å². The lowest BCUT2D eigenvalue weighted by Gasteiger charge is -2.33. The van der Waals surface area contributed by atoms with Crippen LogP contribution in [0.1, 0.15) is 22.8 Å². The minimum atomic E-state index is -3.85. The summed E-state index contributed by atoms with van der Waals surface area (Å²) in [6.45, 7) is 1.81. The smallest absolute Gasteiger partial charge is 0.297 e. The average molecular weight is 471 g/mol. The van der Waals surface area contributed by atoms with Crippen LogP contribution in [0, 0.1) is 6.92 Å². The van der Waals surface area contributed by atoms with E-state index in [2.05, 4.69) is 15.9 Å². The first-order chi connectivity index (χ1) is 13.4. The van der Waals surface area contributed by atoms with Crippen molar-refractivity contribution < 1.29 is 26.8 Å². The molecule has 2 aromatic rings. The molecule has 28 heavy (non-hydrogen) atoms. The van der Waals surface area contributed by atoms with Crippen molar-refractivity contribution in [2.45, 2.75) is 30.4 Å². The largest absolute Gasteiger partial charge is 0.496 e. The van der Waals surface area contributed by atoms with Gasteiger partial charge in [0.05, 0.1) is 37.9 Å². The summed E-state index contributed by atoms with van der Waals surface area (Å²) in [6, 6.07) is 10.2. The Bertz CT molecular complexity index is 926. The molecule has 152 valence electrons. The molecule has 0 amide bonds. The highest BCUT2D eigenvalue weighted by molar-refractivity contribution is 9.09. The fraction of sp³-hybridized carbons (Fsp3) is 0.400. The predicted octanol–water partition coefficient (Wildman–Crippen LogP) is 3.80. The highest BCUT2D eigenvalue weighted by Gasteiger charge is 2.33. The molecule has 1 heterocycles. The van der Waals surface area contributed by atoms with Gasteiger partial charge in [0.2, 0.25) is 0 Å². The molecular formula is C20H23BrO6S. The number of ether oxygens (including phenoxy) is 3. The van der Waals surface area contributed by atoms with Gasteiger partial charge in [-0.25, -0.2) is 0 Å². The molecule has 1 aliphatic heterocycles. The maximum absolute atomic E-state index is 12.5. The van der Waals surface area contributed by atoms with Crippen molar-refractivity contribution in [2.24, 2.45) is 0 Å². The van der Waals surface area contributed by atoms with Crippen molar-refractivity contribution in [2.75, 3.05) is 26.2 Å². The molecule has 0 aromatic heterocycles. The number of fused-ring (bicyclic) bond motifs is 1. The van der Waals surface area contributed by atoms with Crippen molar-refractivity contribution >= 4 is 26.0 Å². The van der Waals surface area contributed by atoms with Gasteiger partial charge in [0.15, 0.2) is 0 Å². The van der Waals surface area contributed by atoms with E-state index in [9.17, 15) is 8.42 Å². The van der Waals surface area contributed by atoms with Crippen LogP contribution in [0.5, 0.6) is 11.5 Å². The summed E-state index contributed by atoms with van der Waals surface area (Å²) in [5.41, 5.74) is 2.84. The van der Waals surface area contributed by atoms with Gasteiger partial charge >= 0.3 is 0 Å². The summed E-state index contributed by atoms with van der Waals surface area (Å²) in [5.74, 6) is 1.43. The molecule has 2 atom stereocenters. The molecule has 0 saturated carbocycles. The van der Waals surface area contributed by atoms with Crippen LogP contribution in [0.15, 0.2) is 41.3 Å². The molecule has 0 fully saturated rings. The standard InChI is InChI=1S/C20H23BrO6S/c1-13-4-6-15(7-5-13)28(22,23)26-12-14-10-16-17(24-2)8-9-18(25-3)20(16)19(11-21)27-14/h4-9,14,19H,10-12H2,1-3H3/t14-,19-/m1/s1. The van der Waals surface area contributed by atoms with Crippen LogP contribution in [0.25, 0.3) is 0 Å². The van der Waals surface area contributed by atoms with Crippen molar-refractivity contribution in [1.29, 1.82) is 0 Å². The second-order valence-electron chi connectivity index (χ2n) is 6.52. The van der Waals surface area contributed by atoms with Gasteiger partial charge in [-0.2, -0.15) is 8.42 Å². The van der Waals surface area contributed by atoms with Gasteiger partial charge in [-0.15, -0.1) is 0 Å². The highest BCUT2D eigenvalue weighted by Crippen LogP contribution is 2.42. The Balaban J connectivity index is 1.81. The Hall–Kier alpha value is -1.61. The van der Waals surface area contributed by atoms with Crippen molar-refractivity contribution in [3.8, 4) is 11.5 Å². The topological polar surface area (TPSA) is 71.1 Å². The van der Waals surface area contributed by atoms with Crippen LogP contribution in [0.4, 0.5) is 0 Å². The van der Waals surface area contributed by atoms with Gasteiger partial charge in [0.1, 0.15) is 11.5 Å². The number of halogens is 1. The van der Waals surface area contributed by atoms with E-state index in [1.54, 1.807) is 26.4 Å². The lowest BCUT2D eigenvalue weighted by molar-refractivity contribution is -0.0351. The first-order valence-corrected chi connectivity index (χ1v) is 11.3. The molecule has 0 unspecified atom stereocenters. The Morgan fingerprint density at radius 3 is 2.32 bits per heavy atom. The summed E-state index contributed by atoms with van der Waals surface area (Å²) >= 11 is 3.47. The summed E-state index contributed by atoms with van der Waals surface area (Å²) in [6.07, 6.45) is -0.274. The first kappa shape index (κ1) is 21.1. The number of hydrogen-bond acceptors (Lipinski definition) is 6. The molecule has 0 N–H and O–H groups in total. The lowest BCUT2D eigenvalue weighted by Crippen LogP contribution is -2.32. The normalized spacial score (nSPS) is 19.1. The van der Waals surface area contributed by atoms with E-state index in [1.807, 2.05) is 19.1 Å². The lowest BCUT2D eigenvalue weighted by atomic mass is 9.93. The van der Waals surface area contributed by atoms with Crippen LogP contribution in [-0.2, 0) is 25.5 Å². The van der Waals surface area contributed by atoms with Gasteiger partial charge in [0, 0.05) is 22.9 Å². The molecule has 6 nitrogen and oxygen atoms in total. The van der Waals surface area contributed by atoms with E-state index >= 15 is 0 Å². The van der Waals surface area contributed by atoms with Crippen LogP contribution in [0.3, 0.4) is 0 Å². The molecule has 8 heteroatoms. The highest BCUT2D eigenvalue weighted by atomic mass is 79.9. The minimum absolute atomic E-state index is 0.0838. The molecule has 0 saturated heterocycles. The van der Waals surface area contributed by atoms with Crippen LogP contribution in [-0.4, -0.2) is 40.7 Å². The van der Waals surface area contributed by atoms with E-state index in [0.717, 1.165) is 22.4 Å². The second-order valence-corrected chi connectivity index (χ2v) is 8.78. The predicted molar refractivity (Wildman–Crippen MR) is 109 cm³/mol. The summed E-state index contributed by atoms with van der Waals surface area (Å²) in [5, 5.41) is 0.532. The van der Waals surface area contributed by atoms with Crippen LogP contribution >= 0.6 is 15.9 Å². The molecule has 2 aromatic carbocycles. The zero-order valence-electron chi connectivity index (χ0n) is 16.0. The molecule has 0 bridgehead atoms. The van der Waals surface area contributed by atoms with Crippen molar-refractivity contribution in [1.82, 2.24) is 0 Å². The molecule has 1 aliphatic rings. The SMILES string of the molecule is COc1ccc(OC)c2c1C[C@H](COS(=O)(=O)c1ccc(C)cc1)O[C@@H]2CBr. The third-order valence-corrected chi connectivity index (χ3v) is 6.57. The Kier molecular flexibility index (Phi) is 6.65. The number of hydrogen-bond donors (Lipinski definition) is 0. The average Bonchev–Trinajstić information content (AvgIpc) is 2.71. The van der Waals surface area contributed by atoms with Crippen LogP contribution < -0.4 is 9.47 Å². The Morgan fingerprint density at radius 2 is 1.71 bits per heavy atom. The van der Waals surface area contributed by atoms with Crippen LogP contribution in [0.2, 0.25) is 0 Å². The Morgan fingerprint density at radius 1 is 1.07 bits per heavy atom. The van der Waals surface area contributed by atoms with E-state index in [-0.39, 0.29) is 17.6 Å². The minimum Gasteiger partial charge on any atom is -0.496 e. The fourth-order valence-electron chi connectivity index (χ4n) is 3.28. The third kappa shape index (κ3) is 4.35. The third-order valence-electron chi connectivity index (χ3n) is 4.68. The molecule has 0 radical (unpaired) electrons. The number of rotatable bonds is 7. The maximum Gasteiger partial charge on any atom is 0.297 e. The monoisotopic (exact) mass is 470 g/mol. The number of alkyl halides is 1. The van der Waals surface area contributed by atoms with Gasteiger partial charge in [-0.3, -0.25) is 4.18 Å². The number of benzene rings is 2. The van der Waals surface area contributed by atoms with Gasteiger partial charge in [0.25, 0.3) is 10.1 Å². The molecule has 0 aliphatic carbocycles. The molecular weight excluding hydrogens is 448 g/mol. The summed E-state index contributed by atoms with van der Waals surface area (Å²) < 4.78 is 47.3. The van der Waals surface area contributed by atoms with E-state index < -0.39 is 16.2 Å². The first-order valence-electron chi connectivity index (χ1n) is 8.81. The quantitative estimate of drug-likeness (QED) is 0.452. The number of methoxy groups -OCH3 is 2. The zero-order valence-corrected chi connectivity index (χ0v) is 18.4. The molecule has 3 rings (SSSR count). The summed E-state index contributed by atoms with van der Waals surface area (Å²) in [4.78, 5) is 0.130. The van der Waals surface area contributed by atoms with E-state index in [1.165, 1.54) is 12.1 Å². The maximum atomic E-state index is 12.5. The van der Waals surface area contributed by atoms with Gasteiger partial charge < -0.3 is 14.2 Å².